The van der Waals surface area contributed by atoms with E-state index in [9.17, 15) is 17.6 Å². The van der Waals surface area contributed by atoms with Crippen molar-refractivity contribution >= 4 is 11.0 Å². The Morgan fingerprint density at radius 1 is 0.719 bits per heavy atom. The predicted octanol–water partition coefficient (Wildman–Crippen LogP) is 10.7. The van der Waals surface area contributed by atoms with Crippen LogP contribution < -0.4 is 14.2 Å². The largest absolute Gasteiger partial charge is 0.493 e. The normalized spacial score (nSPS) is 13.7. The molecule has 314 valence electrons. The summed E-state index contributed by atoms with van der Waals surface area (Å²) < 4.78 is 76.0. The van der Waals surface area contributed by atoms with Gasteiger partial charge < -0.3 is 33.5 Å². The maximum Gasteiger partial charge on any atom is 0.419 e. The Hall–Kier alpha value is -3.87. The average Bonchev–Trinajstić information content (AvgIpc) is 3.86. The number of nitrogens with zero attached hydrogens (tertiary/aromatic N) is 5. The summed E-state index contributed by atoms with van der Waals surface area (Å²) in [5.74, 6) is 0.802. The van der Waals surface area contributed by atoms with Crippen molar-refractivity contribution in [3.63, 3.8) is 0 Å². The summed E-state index contributed by atoms with van der Waals surface area (Å²) in [6.45, 7) is 21.6. The Morgan fingerprint density at radius 2 is 1.35 bits per heavy atom. The molecule has 0 amide bonds. The van der Waals surface area contributed by atoms with Crippen LogP contribution in [0.5, 0.6) is 23.0 Å². The number of halogens is 4. The van der Waals surface area contributed by atoms with E-state index < -0.39 is 17.6 Å². The van der Waals surface area contributed by atoms with Crippen LogP contribution in [-0.4, -0.2) is 96.4 Å². The van der Waals surface area contributed by atoms with Crippen LogP contribution in [0.3, 0.4) is 0 Å². The summed E-state index contributed by atoms with van der Waals surface area (Å²) >= 11 is 0. The second-order valence-electron chi connectivity index (χ2n) is 14.9. The SMILES string of the molecule is CCCCn1c(-c2ccc(Oc3ccc(F)c(C(F)(F)F)c3)cc2OCCCN(CC)CC)nc2c(OCCCN(CC)CC)cc(CCCN3CCCC3)cc21. The predicted molar refractivity (Wildman–Crippen MR) is 221 cm³/mol. The van der Waals surface area contributed by atoms with Gasteiger partial charge in [0.25, 0.3) is 0 Å². The number of alkyl halides is 3. The molecule has 5 rings (SSSR count). The fourth-order valence-corrected chi connectivity index (χ4v) is 7.57. The van der Waals surface area contributed by atoms with Crippen LogP contribution >= 0.6 is 0 Å². The summed E-state index contributed by atoms with van der Waals surface area (Å²) in [5.41, 5.74) is 2.39. The molecule has 1 fully saturated rings. The van der Waals surface area contributed by atoms with E-state index in [0.29, 0.717) is 25.0 Å². The lowest BCUT2D eigenvalue weighted by Gasteiger charge is -2.19. The van der Waals surface area contributed by atoms with Crippen molar-refractivity contribution in [1.29, 1.82) is 0 Å². The van der Waals surface area contributed by atoms with Gasteiger partial charge in [0.2, 0.25) is 0 Å². The number of hydrogen-bond acceptors (Lipinski definition) is 7. The van der Waals surface area contributed by atoms with Gasteiger partial charge in [-0.25, -0.2) is 9.37 Å². The molecular formula is C45H63F4N5O3. The second kappa shape index (κ2) is 21.8. The molecule has 1 aliphatic heterocycles. The Bertz CT molecular complexity index is 1830. The van der Waals surface area contributed by atoms with Crippen molar-refractivity contribution in [2.24, 2.45) is 0 Å². The van der Waals surface area contributed by atoms with E-state index >= 15 is 0 Å². The number of likely N-dealkylation sites (tertiary alicyclic amines) is 1. The van der Waals surface area contributed by atoms with E-state index in [0.717, 1.165) is 125 Å². The van der Waals surface area contributed by atoms with Crippen LogP contribution in [0.15, 0.2) is 48.5 Å². The van der Waals surface area contributed by atoms with Crippen LogP contribution in [0.2, 0.25) is 0 Å². The van der Waals surface area contributed by atoms with Gasteiger partial charge in [0.05, 0.1) is 29.9 Å². The molecule has 0 radical (unpaired) electrons. The first-order chi connectivity index (χ1) is 27.6. The highest BCUT2D eigenvalue weighted by Gasteiger charge is 2.34. The lowest BCUT2D eigenvalue weighted by atomic mass is 10.1. The third-order valence-electron chi connectivity index (χ3n) is 11.0. The quantitative estimate of drug-likeness (QED) is 0.0517. The van der Waals surface area contributed by atoms with E-state index in [4.69, 9.17) is 19.2 Å². The van der Waals surface area contributed by atoms with Gasteiger partial charge in [-0.05, 0) is 139 Å². The Labute approximate surface area is 337 Å². The molecule has 4 aromatic rings. The molecule has 0 aliphatic carbocycles. The molecule has 0 bridgehead atoms. The fourth-order valence-electron chi connectivity index (χ4n) is 7.57. The third-order valence-corrected chi connectivity index (χ3v) is 11.0. The molecule has 3 aromatic carbocycles. The second-order valence-corrected chi connectivity index (χ2v) is 14.9. The summed E-state index contributed by atoms with van der Waals surface area (Å²) in [7, 11) is 0. The van der Waals surface area contributed by atoms with Gasteiger partial charge >= 0.3 is 6.18 Å². The minimum Gasteiger partial charge on any atom is -0.493 e. The lowest BCUT2D eigenvalue weighted by Crippen LogP contribution is -2.25. The number of aryl methyl sites for hydroxylation is 2. The van der Waals surface area contributed by atoms with E-state index in [2.05, 4.69) is 66.0 Å². The van der Waals surface area contributed by atoms with Gasteiger partial charge in [-0.2, -0.15) is 13.2 Å². The highest BCUT2D eigenvalue weighted by Crippen LogP contribution is 2.40. The van der Waals surface area contributed by atoms with Crippen LogP contribution in [0.25, 0.3) is 22.4 Å². The first kappa shape index (κ1) is 44.2. The minimum atomic E-state index is -4.86. The maximum absolute atomic E-state index is 14.1. The van der Waals surface area contributed by atoms with Gasteiger partial charge in [-0.3, -0.25) is 0 Å². The fraction of sp³-hybridized carbons (Fsp3) is 0.578. The first-order valence-electron chi connectivity index (χ1n) is 21.2. The minimum absolute atomic E-state index is 0.126. The Kier molecular flexibility index (Phi) is 16.9. The van der Waals surface area contributed by atoms with E-state index in [1.165, 1.54) is 37.6 Å². The highest BCUT2D eigenvalue weighted by molar-refractivity contribution is 5.87. The molecule has 1 aromatic heterocycles. The standard InChI is InChI=1S/C45H63F4N5O3/c1-6-11-27-54-40-30-34(17-14-24-53-22-12-13-23-53)31-42(56-29-16-26-52(9-4)10-5)43(40)50-44(54)37-20-18-36(33-41(37)55-28-15-25-51(7-2)8-3)57-35-19-21-39(46)38(32-35)45(47,48)49/h18-21,30-33H,6-17,22-29H2,1-5H3. The van der Waals surface area contributed by atoms with E-state index in [1.54, 1.807) is 12.1 Å². The summed E-state index contributed by atoms with van der Waals surface area (Å²) in [6, 6.07) is 12.3. The van der Waals surface area contributed by atoms with Crippen molar-refractivity contribution in [1.82, 2.24) is 24.3 Å². The molecule has 0 atom stereocenters. The zero-order valence-electron chi connectivity index (χ0n) is 34.7. The molecule has 0 N–H and O–H groups in total. The van der Waals surface area contributed by atoms with Gasteiger partial charge in [0.1, 0.15) is 40.2 Å². The van der Waals surface area contributed by atoms with Gasteiger partial charge in [0, 0.05) is 25.7 Å². The molecule has 1 aliphatic rings. The number of hydrogen-bond donors (Lipinski definition) is 0. The summed E-state index contributed by atoms with van der Waals surface area (Å²) in [5, 5.41) is 0. The molecule has 8 nitrogen and oxygen atoms in total. The number of imidazole rings is 1. The molecule has 0 unspecified atom stereocenters. The molecule has 0 saturated carbocycles. The maximum atomic E-state index is 14.1. The van der Waals surface area contributed by atoms with Crippen molar-refractivity contribution in [3.05, 3.63) is 65.5 Å². The lowest BCUT2D eigenvalue weighted by molar-refractivity contribution is -0.140. The first-order valence-corrected chi connectivity index (χ1v) is 21.2. The number of unbranched alkanes of at least 4 members (excludes halogenated alkanes) is 1. The zero-order chi connectivity index (χ0) is 40.8. The number of benzene rings is 3. The van der Waals surface area contributed by atoms with Crippen LogP contribution in [0, 0.1) is 5.82 Å². The van der Waals surface area contributed by atoms with E-state index in [-0.39, 0.29) is 11.5 Å². The number of aromatic nitrogens is 2. The zero-order valence-corrected chi connectivity index (χ0v) is 34.7. The van der Waals surface area contributed by atoms with Crippen molar-refractivity contribution < 1.29 is 31.8 Å². The van der Waals surface area contributed by atoms with Crippen LogP contribution in [0.1, 0.15) is 90.7 Å². The monoisotopic (exact) mass is 797 g/mol. The topological polar surface area (TPSA) is 55.2 Å². The average molecular weight is 798 g/mol. The number of rotatable bonds is 24. The van der Waals surface area contributed by atoms with Crippen molar-refractivity contribution in [2.45, 2.75) is 98.7 Å². The molecule has 12 heteroatoms. The molecule has 57 heavy (non-hydrogen) atoms. The number of ether oxygens (including phenoxy) is 3. The highest BCUT2D eigenvalue weighted by atomic mass is 19.4. The van der Waals surface area contributed by atoms with Crippen molar-refractivity contribution in [3.8, 4) is 34.4 Å². The van der Waals surface area contributed by atoms with Gasteiger partial charge in [-0.1, -0.05) is 41.0 Å². The Morgan fingerprint density at radius 3 is 1.98 bits per heavy atom. The van der Waals surface area contributed by atoms with Gasteiger partial charge in [0.15, 0.2) is 0 Å². The van der Waals surface area contributed by atoms with Crippen LogP contribution in [0.4, 0.5) is 17.6 Å². The van der Waals surface area contributed by atoms with Crippen LogP contribution in [-0.2, 0) is 19.1 Å². The van der Waals surface area contributed by atoms with Crippen molar-refractivity contribution in [2.75, 3.05) is 72.1 Å². The Balaban J connectivity index is 1.54. The summed E-state index contributed by atoms with van der Waals surface area (Å²) in [4.78, 5) is 12.6. The third kappa shape index (κ3) is 12.3. The molecule has 1 saturated heterocycles. The van der Waals surface area contributed by atoms with Gasteiger partial charge in [-0.15, -0.1) is 0 Å². The number of fused-ring (bicyclic) bond motifs is 1. The summed E-state index contributed by atoms with van der Waals surface area (Å²) in [6.07, 6.45) is 3.29. The smallest absolute Gasteiger partial charge is 0.419 e. The molecule has 0 spiro atoms. The molecular weight excluding hydrogens is 735 g/mol. The molecule has 2 heterocycles. The van der Waals surface area contributed by atoms with E-state index in [1.807, 2.05) is 6.07 Å².